The molecule has 0 aliphatic rings. The standard InChI is InChI=1S/C18H19BrO/c1-12-7-13(2)18(14(3)8-12)11-17(20)10-15-5-4-6-16(19)9-15/h4-9H,10-11H2,1-3H3. The van der Waals surface area contributed by atoms with Crippen LogP contribution in [-0.2, 0) is 17.6 Å². The average molecular weight is 331 g/mol. The van der Waals surface area contributed by atoms with Crippen molar-refractivity contribution in [3.05, 3.63) is 68.7 Å². The van der Waals surface area contributed by atoms with Gasteiger partial charge in [-0.1, -0.05) is 45.8 Å². The Morgan fingerprint density at radius 2 is 1.65 bits per heavy atom. The van der Waals surface area contributed by atoms with E-state index in [1.54, 1.807) is 0 Å². The molecule has 0 atom stereocenters. The first-order chi connectivity index (χ1) is 9.45. The fraction of sp³-hybridized carbons (Fsp3) is 0.278. The Hall–Kier alpha value is -1.41. The van der Waals surface area contributed by atoms with Crippen LogP contribution in [0.1, 0.15) is 27.8 Å². The van der Waals surface area contributed by atoms with Crippen LogP contribution in [0.2, 0.25) is 0 Å². The number of benzene rings is 2. The van der Waals surface area contributed by atoms with Crippen LogP contribution in [0.3, 0.4) is 0 Å². The average Bonchev–Trinajstić information content (AvgIpc) is 2.33. The number of rotatable bonds is 4. The van der Waals surface area contributed by atoms with Gasteiger partial charge in [0.25, 0.3) is 0 Å². The number of halogens is 1. The van der Waals surface area contributed by atoms with Gasteiger partial charge < -0.3 is 0 Å². The van der Waals surface area contributed by atoms with Crippen molar-refractivity contribution in [2.45, 2.75) is 33.6 Å². The molecule has 2 aromatic rings. The number of carbonyl (C=O) groups excluding carboxylic acids is 1. The van der Waals surface area contributed by atoms with Crippen molar-refractivity contribution >= 4 is 21.7 Å². The molecule has 2 heteroatoms. The van der Waals surface area contributed by atoms with Crippen molar-refractivity contribution in [3.8, 4) is 0 Å². The maximum Gasteiger partial charge on any atom is 0.141 e. The van der Waals surface area contributed by atoms with Gasteiger partial charge in [-0.05, 0) is 55.2 Å². The van der Waals surface area contributed by atoms with Gasteiger partial charge in [0.2, 0.25) is 0 Å². The van der Waals surface area contributed by atoms with E-state index in [1.165, 1.54) is 22.3 Å². The highest BCUT2D eigenvalue weighted by molar-refractivity contribution is 9.10. The molecule has 0 spiro atoms. The Labute approximate surface area is 129 Å². The minimum atomic E-state index is 0.262. The zero-order valence-electron chi connectivity index (χ0n) is 12.2. The summed E-state index contributed by atoms with van der Waals surface area (Å²) in [6.45, 7) is 6.26. The van der Waals surface area contributed by atoms with Crippen LogP contribution in [0.5, 0.6) is 0 Å². The van der Waals surface area contributed by atoms with Gasteiger partial charge in [0.1, 0.15) is 5.78 Å². The maximum absolute atomic E-state index is 12.3. The van der Waals surface area contributed by atoms with E-state index in [9.17, 15) is 4.79 Å². The molecule has 0 bridgehead atoms. The highest BCUT2D eigenvalue weighted by Gasteiger charge is 2.10. The SMILES string of the molecule is Cc1cc(C)c(CC(=O)Cc2cccc(Br)c2)c(C)c1. The maximum atomic E-state index is 12.3. The number of hydrogen-bond donors (Lipinski definition) is 0. The van der Waals surface area contributed by atoms with Crippen LogP contribution in [0.4, 0.5) is 0 Å². The molecular formula is C18H19BrO. The van der Waals surface area contributed by atoms with Crippen molar-refractivity contribution in [1.82, 2.24) is 0 Å². The Balaban J connectivity index is 2.13. The molecule has 2 rings (SSSR count). The van der Waals surface area contributed by atoms with E-state index in [0.717, 1.165) is 10.0 Å². The summed E-state index contributed by atoms with van der Waals surface area (Å²) in [6.07, 6.45) is 1.01. The normalized spacial score (nSPS) is 10.6. The van der Waals surface area contributed by atoms with E-state index in [2.05, 4.69) is 48.8 Å². The van der Waals surface area contributed by atoms with Gasteiger partial charge in [-0.3, -0.25) is 4.79 Å². The summed E-state index contributed by atoms with van der Waals surface area (Å²) >= 11 is 3.44. The number of hydrogen-bond acceptors (Lipinski definition) is 1. The van der Waals surface area contributed by atoms with Gasteiger partial charge in [0.15, 0.2) is 0 Å². The van der Waals surface area contributed by atoms with Crippen LogP contribution in [0.25, 0.3) is 0 Å². The largest absolute Gasteiger partial charge is 0.299 e. The van der Waals surface area contributed by atoms with E-state index in [1.807, 2.05) is 24.3 Å². The smallest absolute Gasteiger partial charge is 0.141 e. The van der Waals surface area contributed by atoms with E-state index in [0.29, 0.717) is 12.8 Å². The van der Waals surface area contributed by atoms with Gasteiger partial charge in [-0.25, -0.2) is 0 Å². The van der Waals surface area contributed by atoms with Gasteiger partial charge in [0.05, 0.1) is 0 Å². The molecule has 0 saturated carbocycles. The monoisotopic (exact) mass is 330 g/mol. The second-order valence-corrected chi connectivity index (χ2v) is 6.32. The number of aryl methyl sites for hydroxylation is 3. The third-order valence-corrected chi connectivity index (χ3v) is 4.00. The minimum absolute atomic E-state index is 0.262. The van der Waals surface area contributed by atoms with Crippen LogP contribution >= 0.6 is 15.9 Å². The lowest BCUT2D eigenvalue weighted by molar-refractivity contribution is -0.117. The first-order valence-corrected chi connectivity index (χ1v) is 7.58. The Morgan fingerprint density at radius 1 is 1.00 bits per heavy atom. The summed E-state index contributed by atoms with van der Waals surface area (Å²) in [5, 5.41) is 0. The molecule has 0 N–H and O–H groups in total. The molecule has 0 heterocycles. The van der Waals surface area contributed by atoms with Crippen LogP contribution < -0.4 is 0 Å². The third kappa shape index (κ3) is 3.80. The summed E-state index contributed by atoms with van der Waals surface area (Å²) in [5.74, 6) is 0.262. The molecule has 0 saturated heterocycles. The molecule has 0 aliphatic heterocycles. The minimum Gasteiger partial charge on any atom is -0.299 e. The molecule has 1 nitrogen and oxygen atoms in total. The predicted octanol–water partition coefficient (Wildman–Crippen LogP) is 4.73. The van der Waals surface area contributed by atoms with E-state index in [4.69, 9.17) is 0 Å². The quantitative estimate of drug-likeness (QED) is 0.792. The first-order valence-electron chi connectivity index (χ1n) is 6.78. The molecule has 20 heavy (non-hydrogen) atoms. The molecule has 0 fully saturated rings. The van der Waals surface area contributed by atoms with Crippen molar-refractivity contribution in [2.24, 2.45) is 0 Å². The lowest BCUT2D eigenvalue weighted by Crippen LogP contribution is -2.09. The number of Topliss-reactive ketones (excluding diaryl/α,β-unsaturated/α-hetero) is 1. The van der Waals surface area contributed by atoms with E-state index < -0.39 is 0 Å². The van der Waals surface area contributed by atoms with Crippen molar-refractivity contribution in [2.75, 3.05) is 0 Å². The fourth-order valence-corrected chi connectivity index (χ4v) is 3.07. The zero-order chi connectivity index (χ0) is 14.7. The molecule has 0 radical (unpaired) electrons. The topological polar surface area (TPSA) is 17.1 Å². The van der Waals surface area contributed by atoms with Crippen LogP contribution in [-0.4, -0.2) is 5.78 Å². The van der Waals surface area contributed by atoms with Gasteiger partial charge in [0, 0.05) is 17.3 Å². The van der Waals surface area contributed by atoms with Crippen LogP contribution in [0, 0.1) is 20.8 Å². The molecule has 0 amide bonds. The van der Waals surface area contributed by atoms with Crippen molar-refractivity contribution in [3.63, 3.8) is 0 Å². The fourth-order valence-electron chi connectivity index (χ4n) is 2.62. The van der Waals surface area contributed by atoms with Gasteiger partial charge >= 0.3 is 0 Å². The second kappa shape index (κ2) is 6.36. The van der Waals surface area contributed by atoms with E-state index >= 15 is 0 Å². The number of carbonyl (C=O) groups is 1. The van der Waals surface area contributed by atoms with E-state index in [-0.39, 0.29) is 5.78 Å². The lowest BCUT2D eigenvalue weighted by Gasteiger charge is -2.11. The molecular weight excluding hydrogens is 312 g/mol. The zero-order valence-corrected chi connectivity index (χ0v) is 13.8. The predicted molar refractivity (Wildman–Crippen MR) is 87.2 cm³/mol. The molecule has 0 aliphatic carbocycles. The highest BCUT2D eigenvalue weighted by atomic mass is 79.9. The van der Waals surface area contributed by atoms with Gasteiger partial charge in [-0.15, -0.1) is 0 Å². The Kier molecular flexibility index (Phi) is 4.77. The summed E-state index contributed by atoms with van der Waals surface area (Å²) in [4.78, 5) is 12.3. The summed E-state index contributed by atoms with van der Waals surface area (Å²) in [6, 6.07) is 12.2. The molecule has 0 aromatic heterocycles. The summed E-state index contributed by atoms with van der Waals surface area (Å²) in [5.41, 5.74) is 5.92. The van der Waals surface area contributed by atoms with Crippen molar-refractivity contribution in [1.29, 1.82) is 0 Å². The third-order valence-electron chi connectivity index (χ3n) is 3.50. The Morgan fingerprint density at radius 3 is 2.25 bits per heavy atom. The first kappa shape index (κ1) is 15.0. The molecule has 2 aromatic carbocycles. The molecule has 0 unspecified atom stereocenters. The van der Waals surface area contributed by atoms with Gasteiger partial charge in [-0.2, -0.15) is 0 Å². The lowest BCUT2D eigenvalue weighted by atomic mass is 9.94. The van der Waals surface area contributed by atoms with Crippen molar-refractivity contribution < 1.29 is 4.79 Å². The van der Waals surface area contributed by atoms with Crippen LogP contribution in [0.15, 0.2) is 40.9 Å². The summed E-state index contributed by atoms with van der Waals surface area (Å²) < 4.78 is 1.02. The second-order valence-electron chi connectivity index (χ2n) is 5.40. The molecule has 104 valence electrons. The summed E-state index contributed by atoms with van der Waals surface area (Å²) in [7, 11) is 0. The highest BCUT2D eigenvalue weighted by Crippen LogP contribution is 2.18. The number of ketones is 1. The Bertz CT molecular complexity index is 621.